The van der Waals surface area contributed by atoms with Crippen LogP contribution >= 0.6 is 0 Å². The van der Waals surface area contributed by atoms with Gasteiger partial charge in [-0.1, -0.05) is 13.8 Å². The van der Waals surface area contributed by atoms with Crippen molar-refractivity contribution in [3.8, 4) is 0 Å². The lowest BCUT2D eigenvalue weighted by Crippen LogP contribution is -3.19. The number of likely N-dealkylation sites (tertiary alicyclic amines) is 1. The molecule has 2 N–H and O–H groups in total. The smallest absolute Gasteiger partial charge is 0.302 e. The molecule has 6 nitrogen and oxygen atoms in total. The number of quaternary nitrogens is 1. The van der Waals surface area contributed by atoms with Gasteiger partial charge in [-0.2, -0.15) is 0 Å². The van der Waals surface area contributed by atoms with Crippen molar-refractivity contribution in [3.63, 3.8) is 0 Å². The van der Waals surface area contributed by atoms with Crippen molar-refractivity contribution in [2.75, 3.05) is 39.4 Å². The molecule has 0 aromatic rings. The van der Waals surface area contributed by atoms with E-state index >= 15 is 0 Å². The summed E-state index contributed by atoms with van der Waals surface area (Å²) in [6, 6.07) is 0.765. The average Bonchev–Trinajstić information content (AvgIpc) is 3.46. The minimum atomic E-state index is -0.161. The summed E-state index contributed by atoms with van der Waals surface area (Å²) in [5.41, 5.74) is 0.425. The summed E-state index contributed by atoms with van der Waals surface area (Å²) in [7, 11) is 0. The Labute approximate surface area is 212 Å². The van der Waals surface area contributed by atoms with E-state index in [1.165, 1.54) is 64.5 Å². The summed E-state index contributed by atoms with van der Waals surface area (Å²) in [5.74, 6) is 2.67. The third-order valence-electron chi connectivity index (χ3n) is 12.2. The van der Waals surface area contributed by atoms with Crippen LogP contribution in [0.2, 0.25) is 0 Å². The second kappa shape index (κ2) is 9.25. The summed E-state index contributed by atoms with van der Waals surface area (Å²) in [6.07, 6.45) is 10.8. The molecule has 0 spiro atoms. The zero-order chi connectivity index (χ0) is 24.4. The molecule has 6 rings (SSSR count). The van der Waals surface area contributed by atoms with Gasteiger partial charge in [-0.3, -0.25) is 9.69 Å². The molecule has 0 radical (unpaired) electrons. The first-order valence-corrected chi connectivity index (χ1v) is 14.8. The van der Waals surface area contributed by atoms with Gasteiger partial charge in [0.15, 0.2) is 0 Å². The highest BCUT2D eigenvalue weighted by atomic mass is 16.5. The van der Waals surface area contributed by atoms with Gasteiger partial charge >= 0.3 is 5.97 Å². The van der Waals surface area contributed by atoms with E-state index in [1.54, 1.807) is 11.8 Å². The lowest BCUT2D eigenvalue weighted by atomic mass is 9.44. The molecule has 6 fully saturated rings. The number of nitrogens with one attached hydrogen (secondary N) is 1. The molecule has 0 aromatic heterocycles. The molecule has 6 heteroatoms. The number of hydrogen-bond acceptors (Lipinski definition) is 5. The maximum Gasteiger partial charge on any atom is 0.302 e. The van der Waals surface area contributed by atoms with Gasteiger partial charge in [-0.15, -0.1) is 0 Å². The van der Waals surface area contributed by atoms with E-state index in [2.05, 4.69) is 18.7 Å². The number of aliphatic hydroxyl groups excluding tert-OH is 1. The van der Waals surface area contributed by atoms with E-state index in [-0.39, 0.29) is 23.6 Å². The zero-order valence-corrected chi connectivity index (χ0v) is 22.3. The van der Waals surface area contributed by atoms with Gasteiger partial charge in [0.25, 0.3) is 0 Å². The summed E-state index contributed by atoms with van der Waals surface area (Å²) in [5, 5.41) is 11.2. The number of carbonyl (C=O) groups excluding carboxylic acids is 1. The van der Waals surface area contributed by atoms with Gasteiger partial charge < -0.3 is 19.5 Å². The maximum absolute atomic E-state index is 12.2. The second-order valence-corrected chi connectivity index (χ2v) is 13.7. The van der Waals surface area contributed by atoms with Crippen molar-refractivity contribution in [1.29, 1.82) is 0 Å². The van der Waals surface area contributed by atoms with Crippen molar-refractivity contribution in [2.45, 2.75) is 103 Å². The number of rotatable bonds is 3. The van der Waals surface area contributed by atoms with Crippen molar-refractivity contribution < 1.29 is 24.3 Å². The predicted molar refractivity (Wildman–Crippen MR) is 134 cm³/mol. The summed E-state index contributed by atoms with van der Waals surface area (Å²) < 4.78 is 11.9. The summed E-state index contributed by atoms with van der Waals surface area (Å²) >= 11 is 0. The lowest BCUT2D eigenvalue weighted by molar-refractivity contribution is -0.938. The molecule has 2 aliphatic heterocycles. The van der Waals surface area contributed by atoms with Crippen LogP contribution < -0.4 is 4.90 Å². The maximum atomic E-state index is 12.2. The Morgan fingerprint density at radius 3 is 2.49 bits per heavy atom. The number of morpholine rings is 1. The molecule has 35 heavy (non-hydrogen) atoms. The topological polar surface area (TPSA) is 63.4 Å². The van der Waals surface area contributed by atoms with Gasteiger partial charge in [0, 0.05) is 24.8 Å². The fraction of sp³-hybridized carbons (Fsp3) is 0.966. The monoisotopic (exact) mass is 489 g/mol. The first-order valence-electron chi connectivity index (χ1n) is 14.8. The molecule has 198 valence electrons. The Morgan fingerprint density at radius 2 is 1.77 bits per heavy atom. The van der Waals surface area contributed by atoms with E-state index in [1.807, 2.05) is 0 Å². The SMILES string of the molecule is CC(=O)O[C@H]1[C@@H](N2CCCC2)CC2C3CC[C@H]4C[C@H](O)[C@@H]([NH+]5CCOCC5)C[C@]4(C)C3CC[C@@]21C. The Kier molecular flexibility index (Phi) is 6.51. The van der Waals surface area contributed by atoms with Crippen LogP contribution in [0.4, 0.5) is 0 Å². The number of esters is 1. The molecule has 6 aliphatic rings. The van der Waals surface area contributed by atoms with E-state index in [0.29, 0.717) is 29.3 Å². The van der Waals surface area contributed by atoms with Gasteiger partial charge in [-0.25, -0.2) is 0 Å². The standard InChI is InChI=1S/C29H48N2O4/c1-19(32)35-27-24(30-10-4-5-11-30)17-23-21-7-6-20-16-26(33)25(31-12-14-34-15-13-31)18-29(20,3)22(21)8-9-28(23,27)2/h20-27,33H,4-18H2,1-3H3/p+1/t20-,21?,22?,23?,24-,25-,26-,27-,28-,29-/m0/s1. The fourth-order valence-corrected chi connectivity index (χ4v) is 10.5. The van der Waals surface area contributed by atoms with Crippen LogP contribution in [-0.2, 0) is 14.3 Å². The Morgan fingerprint density at radius 1 is 1.03 bits per heavy atom. The highest BCUT2D eigenvalue weighted by Gasteiger charge is 2.65. The third kappa shape index (κ3) is 4.00. The molecule has 0 amide bonds. The number of hydrogen-bond donors (Lipinski definition) is 2. The predicted octanol–water partition coefficient (Wildman–Crippen LogP) is 2.29. The van der Waals surface area contributed by atoms with Crippen molar-refractivity contribution in [1.82, 2.24) is 4.90 Å². The molecule has 3 unspecified atom stereocenters. The number of carbonyl (C=O) groups is 1. The van der Waals surface area contributed by atoms with Crippen LogP contribution in [0.1, 0.15) is 78.6 Å². The molecule has 4 aliphatic carbocycles. The highest BCUT2D eigenvalue weighted by Crippen LogP contribution is 2.67. The molecule has 10 atom stereocenters. The minimum absolute atomic E-state index is 0.0494. The highest BCUT2D eigenvalue weighted by molar-refractivity contribution is 5.66. The van der Waals surface area contributed by atoms with Crippen LogP contribution in [-0.4, -0.2) is 79.7 Å². The third-order valence-corrected chi connectivity index (χ3v) is 12.2. The quantitative estimate of drug-likeness (QED) is 0.596. The molecule has 2 saturated heterocycles. The number of nitrogens with zero attached hydrogens (tertiary/aromatic N) is 1. The Hall–Kier alpha value is -0.690. The van der Waals surface area contributed by atoms with E-state index in [0.717, 1.165) is 44.6 Å². The zero-order valence-electron chi connectivity index (χ0n) is 22.3. The fourth-order valence-electron chi connectivity index (χ4n) is 10.5. The first-order chi connectivity index (χ1) is 16.8. The van der Waals surface area contributed by atoms with Gasteiger partial charge in [-0.05, 0) is 93.5 Å². The minimum Gasteiger partial charge on any atom is -0.460 e. The van der Waals surface area contributed by atoms with E-state index in [4.69, 9.17) is 9.47 Å². The van der Waals surface area contributed by atoms with Gasteiger partial charge in [0.1, 0.15) is 31.3 Å². The summed E-state index contributed by atoms with van der Waals surface area (Å²) in [6.45, 7) is 12.8. The van der Waals surface area contributed by atoms with E-state index in [9.17, 15) is 9.90 Å². The van der Waals surface area contributed by atoms with Crippen LogP contribution in [0, 0.1) is 34.5 Å². The number of fused-ring (bicyclic) bond motifs is 5. The van der Waals surface area contributed by atoms with E-state index < -0.39 is 0 Å². The molecular weight excluding hydrogens is 440 g/mol. The molecule has 0 bridgehead atoms. The lowest BCUT2D eigenvalue weighted by Gasteiger charge is -2.61. The normalized spacial score (nSPS) is 50.9. The summed E-state index contributed by atoms with van der Waals surface area (Å²) in [4.78, 5) is 16.5. The van der Waals surface area contributed by atoms with Crippen LogP contribution in [0.15, 0.2) is 0 Å². The van der Waals surface area contributed by atoms with Crippen molar-refractivity contribution in [3.05, 3.63) is 0 Å². The largest absolute Gasteiger partial charge is 0.460 e. The first kappa shape index (κ1) is 24.6. The van der Waals surface area contributed by atoms with Gasteiger partial charge in [0.2, 0.25) is 0 Å². The van der Waals surface area contributed by atoms with Crippen molar-refractivity contribution in [2.24, 2.45) is 34.5 Å². The second-order valence-electron chi connectivity index (χ2n) is 13.7. The Balaban J connectivity index is 1.27. The van der Waals surface area contributed by atoms with Crippen LogP contribution in [0.5, 0.6) is 0 Å². The van der Waals surface area contributed by atoms with Crippen LogP contribution in [0.25, 0.3) is 0 Å². The molecular formula is C29H49N2O4+. The molecule has 0 aromatic carbocycles. The number of ether oxygens (including phenoxy) is 2. The number of aliphatic hydroxyl groups is 1. The molecule has 4 saturated carbocycles. The van der Waals surface area contributed by atoms with Crippen molar-refractivity contribution >= 4 is 5.97 Å². The average molecular weight is 490 g/mol. The Bertz CT molecular complexity index is 796. The van der Waals surface area contributed by atoms with Gasteiger partial charge in [0.05, 0.1) is 13.2 Å². The van der Waals surface area contributed by atoms with Crippen LogP contribution in [0.3, 0.4) is 0 Å². The molecule has 2 heterocycles.